The van der Waals surface area contributed by atoms with Crippen molar-refractivity contribution in [3.63, 3.8) is 0 Å². The number of hydrogen-bond donors (Lipinski definition) is 1. The summed E-state index contributed by atoms with van der Waals surface area (Å²) >= 11 is 0. The molecule has 0 saturated heterocycles. The number of amides is 1. The minimum atomic E-state index is -0.404. The van der Waals surface area contributed by atoms with Crippen LogP contribution < -0.4 is 5.32 Å². The van der Waals surface area contributed by atoms with Gasteiger partial charge in [-0.05, 0) is 25.5 Å². The van der Waals surface area contributed by atoms with Crippen molar-refractivity contribution in [3.8, 4) is 0 Å². The van der Waals surface area contributed by atoms with Crippen LogP contribution in [0.5, 0.6) is 0 Å². The maximum Gasteiger partial charge on any atom is 0.306 e. The molecule has 0 fully saturated rings. The van der Waals surface area contributed by atoms with Gasteiger partial charge >= 0.3 is 5.97 Å². The third-order valence-corrected chi connectivity index (χ3v) is 2.79. The number of carbonyl (C=O) groups is 2. The van der Waals surface area contributed by atoms with Crippen molar-refractivity contribution in [2.45, 2.75) is 26.7 Å². The minimum Gasteiger partial charge on any atom is -0.469 e. The number of aromatic nitrogens is 3. The minimum absolute atomic E-state index is 0.0615. The number of ether oxygens (including phenoxy) is 1. The summed E-state index contributed by atoms with van der Waals surface area (Å²) in [5.74, 6) is 0.0203. The second kappa shape index (κ2) is 5.68. The Morgan fingerprint density at radius 2 is 2.10 bits per heavy atom. The zero-order chi connectivity index (χ0) is 14.7. The van der Waals surface area contributed by atoms with Gasteiger partial charge in [-0.3, -0.25) is 9.59 Å². The van der Waals surface area contributed by atoms with Gasteiger partial charge in [-0.25, -0.2) is 9.50 Å². The van der Waals surface area contributed by atoms with Crippen LogP contribution in [0.25, 0.3) is 5.65 Å². The molecule has 2 aromatic heterocycles. The molecule has 1 amide bonds. The monoisotopic (exact) mass is 276 g/mol. The van der Waals surface area contributed by atoms with E-state index in [1.807, 2.05) is 13.0 Å². The first kappa shape index (κ1) is 14.0. The molecule has 0 aromatic carbocycles. The molecule has 0 bridgehead atoms. The van der Waals surface area contributed by atoms with Crippen LogP contribution in [0.3, 0.4) is 0 Å². The smallest absolute Gasteiger partial charge is 0.306 e. The maximum absolute atomic E-state index is 11.7. The fourth-order valence-corrected chi connectivity index (χ4v) is 1.87. The number of carbonyl (C=O) groups excluding carboxylic acids is 2. The SMILES string of the molecule is COC(=O)CCC(=O)Nc1cc(C)c2nc(C)nn2c1. The molecule has 1 N–H and O–H groups in total. The van der Waals surface area contributed by atoms with E-state index in [0.717, 1.165) is 11.2 Å². The van der Waals surface area contributed by atoms with E-state index in [1.165, 1.54) is 7.11 Å². The Bertz CT molecular complexity index is 663. The molecule has 106 valence electrons. The lowest BCUT2D eigenvalue weighted by atomic mass is 10.2. The average Bonchev–Trinajstić information content (AvgIpc) is 2.77. The quantitative estimate of drug-likeness (QED) is 0.849. The van der Waals surface area contributed by atoms with E-state index in [-0.39, 0.29) is 18.7 Å². The largest absolute Gasteiger partial charge is 0.469 e. The lowest BCUT2D eigenvalue weighted by Gasteiger charge is -2.06. The first-order valence-electron chi connectivity index (χ1n) is 6.20. The van der Waals surface area contributed by atoms with E-state index in [4.69, 9.17) is 0 Å². The van der Waals surface area contributed by atoms with Crippen molar-refractivity contribution >= 4 is 23.2 Å². The van der Waals surface area contributed by atoms with Crippen molar-refractivity contribution in [2.75, 3.05) is 12.4 Å². The van der Waals surface area contributed by atoms with Gasteiger partial charge in [-0.1, -0.05) is 0 Å². The number of hydrogen-bond acceptors (Lipinski definition) is 5. The van der Waals surface area contributed by atoms with Crippen LogP contribution >= 0.6 is 0 Å². The number of rotatable bonds is 4. The first-order chi connectivity index (χ1) is 9.49. The van der Waals surface area contributed by atoms with E-state index in [1.54, 1.807) is 17.6 Å². The highest BCUT2D eigenvalue weighted by Gasteiger charge is 2.09. The molecular weight excluding hydrogens is 260 g/mol. The Balaban J connectivity index is 2.09. The standard InChI is InChI=1S/C13H16N4O3/c1-8-6-10(7-17-13(8)14-9(2)16-17)15-11(18)4-5-12(19)20-3/h6-7H,4-5H2,1-3H3,(H,15,18). The van der Waals surface area contributed by atoms with Crippen molar-refractivity contribution in [1.82, 2.24) is 14.6 Å². The van der Waals surface area contributed by atoms with E-state index < -0.39 is 5.97 Å². The summed E-state index contributed by atoms with van der Waals surface area (Å²) in [4.78, 5) is 27.0. The van der Waals surface area contributed by atoms with Gasteiger partial charge in [0, 0.05) is 6.42 Å². The molecule has 0 aliphatic heterocycles. The maximum atomic E-state index is 11.7. The van der Waals surface area contributed by atoms with Crippen LogP contribution in [0.1, 0.15) is 24.2 Å². The molecule has 0 radical (unpaired) electrons. The number of methoxy groups -OCH3 is 1. The molecular formula is C13H16N4O3. The number of fused-ring (bicyclic) bond motifs is 1. The fourth-order valence-electron chi connectivity index (χ4n) is 1.87. The molecule has 0 atom stereocenters. The van der Waals surface area contributed by atoms with E-state index in [2.05, 4.69) is 20.1 Å². The van der Waals surface area contributed by atoms with Crippen LogP contribution in [0.4, 0.5) is 5.69 Å². The zero-order valence-corrected chi connectivity index (χ0v) is 11.6. The Kier molecular flexibility index (Phi) is 3.97. The number of anilines is 1. The normalized spacial score (nSPS) is 10.6. The molecule has 0 unspecified atom stereocenters. The van der Waals surface area contributed by atoms with Crippen LogP contribution in [-0.2, 0) is 14.3 Å². The van der Waals surface area contributed by atoms with E-state index in [9.17, 15) is 9.59 Å². The summed E-state index contributed by atoms with van der Waals surface area (Å²) in [5, 5.41) is 6.94. The lowest BCUT2D eigenvalue weighted by molar-refractivity contribution is -0.141. The summed E-state index contributed by atoms with van der Waals surface area (Å²) in [7, 11) is 1.30. The highest BCUT2D eigenvalue weighted by atomic mass is 16.5. The molecule has 7 heteroatoms. The molecule has 2 aromatic rings. The number of pyridine rings is 1. The van der Waals surface area contributed by atoms with E-state index >= 15 is 0 Å². The van der Waals surface area contributed by atoms with Crippen LogP contribution in [0, 0.1) is 13.8 Å². The summed E-state index contributed by atoms with van der Waals surface area (Å²) in [6.07, 6.45) is 1.84. The Labute approximate surface area is 115 Å². The van der Waals surface area contributed by atoms with Gasteiger partial charge in [-0.15, -0.1) is 0 Å². The van der Waals surface area contributed by atoms with Gasteiger partial charge in [0.2, 0.25) is 5.91 Å². The summed E-state index contributed by atoms with van der Waals surface area (Å²) < 4.78 is 6.11. The number of aryl methyl sites for hydroxylation is 2. The molecule has 0 aliphatic rings. The van der Waals surface area contributed by atoms with E-state index in [0.29, 0.717) is 11.5 Å². The molecule has 2 heterocycles. The Morgan fingerprint density at radius 1 is 1.35 bits per heavy atom. The third kappa shape index (κ3) is 3.11. The molecule has 2 rings (SSSR count). The topological polar surface area (TPSA) is 85.6 Å². The van der Waals surface area contributed by atoms with Crippen LogP contribution in [0.2, 0.25) is 0 Å². The van der Waals surface area contributed by atoms with Gasteiger partial charge in [0.1, 0.15) is 5.82 Å². The summed E-state index contributed by atoms with van der Waals surface area (Å²) in [6, 6.07) is 1.82. The van der Waals surface area contributed by atoms with Crippen LogP contribution in [-0.4, -0.2) is 33.6 Å². The predicted octanol–water partition coefficient (Wildman–Crippen LogP) is 1.24. The predicted molar refractivity (Wildman–Crippen MR) is 72.3 cm³/mol. The van der Waals surface area contributed by atoms with Gasteiger partial charge in [0.15, 0.2) is 5.65 Å². The highest BCUT2D eigenvalue weighted by Crippen LogP contribution is 2.15. The summed E-state index contributed by atoms with van der Waals surface area (Å²) in [5.41, 5.74) is 2.29. The number of nitrogens with one attached hydrogen (secondary N) is 1. The molecule has 0 spiro atoms. The number of nitrogens with zero attached hydrogens (tertiary/aromatic N) is 3. The third-order valence-electron chi connectivity index (χ3n) is 2.79. The highest BCUT2D eigenvalue weighted by molar-refractivity contribution is 5.92. The number of esters is 1. The second-order valence-corrected chi connectivity index (χ2v) is 4.46. The van der Waals surface area contributed by atoms with Gasteiger partial charge < -0.3 is 10.1 Å². The average molecular weight is 276 g/mol. The van der Waals surface area contributed by atoms with Crippen LogP contribution in [0.15, 0.2) is 12.3 Å². The summed E-state index contributed by atoms with van der Waals surface area (Å²) in [6.45, 7) is 3.70. The molecule has 0 saturated carbocycles. The van der Waals surface area contributed by atoms with Gasteiger partial charge in [0.05, 0.1) is 25.4 Å². The Morgan fingerprint density at radius 3 is 2.80 bits per heavy atom. The van der Waals surface area contributed by atoms with Crippen molar-refractivity contribution in [3.05, 3.63) is 23.7 Å². The fraction of sp³-hybridized carbons (Fsp3) is 0.385. The molecule has 20 heavy (non-hydrogen) atoms. The Hall–Kier alpha value is -2.44. The molecule has 7 nitrogen and oxygen atoms in total. The molecule has 0 aliphatic carbocycles. The lowest BCUT2D eigenvalue weighted by Crippen LogP contribution is -2.14. The van der Waals surface area contributed by atoms with Gasteiger partial charge in [-0.2, -0.15) is 5.10 Å². The second-order valence-electron chi connectivity index (χ2n) is 4.46. The first-order valence-corrected chi connectivity index (χ1v) is 6.20. The van der Waals surface area contributed by atoms with Crippen molar-refractivity contribution in [1.29, 1.82) is 0 Å². The van der Waals surface area contributed by atoms with Crippen molar-refractivity contribution in [2.24, 2.45) is 0 Å². The zero-order valence-electron chi connectivity index (χ0n) is 11.6. The van der Waals surface area contributed by atoms with Gasteiger partial charge in [0.25, 0.3) is 0 Å². The van der Waals surface area contributed by atoms with Crippen molar-refractivity contribution < 1.29 is 14.3 Å².